The third-order valence-corrected chi connectivity index (χ3v) is 3.84. The fourth-order valence-electron chi connectivity index (χ4n) is 2.66. The van der Waals surface area contributed by atoms with Crippen molar-refractivity contribution in [1.82, 2.24) is 10.2 Å². The fourth-order valence-corrected chi connectivity index (χ4v) is 2.66. The van der Waals surface area contributed by atoms with E-state index in [4.69, 9.17) is 0 Å². The molecular weight excluding hydrogens is 228 g/mol. The van der Waals surface area contributed by atoms with Crippen LogP contribution in [0.3, 0.4) is 0 Å². The highest BCUT2D eigenvalue weighted by Crippen LogP contribution is 2.19. The first-order valence-corrected chi connectivity index (χ1v) is 6.94. The van der Waals surface area contributed by atoms with Crippen LogP contribution in [0.25, 0.3) is 0 Å². The zero-order valence-corrected chi connectivity index (χ0v) is 11.1. The molecule has 1 aliphatic heterocycles. The molecule has 4 nitrogen and oxygen atoms in total. The molecule has 2 rings (SSSR count). The Morgan fingerprint density at radius 3 is 2.94 bits per heavy atom. The number of nitrogens with zero attached hydrogens (tertiary/aromatic N) is 1. The van der Waals surface area contributed by atoms with Crippen molar-refractivity contribution in [3.8, 4) is 0 Å². The zero-order valence-electron chi connectivity index (χ0n) is 11.1. The minimum absolute atomic E-state index is 0.0331. The quantitative estimate of drug-likeness (QED) is 0.768. The van der Waals surface area contributed by atoms with Crippen molar-refractivity contribution >= 4 is 11.8 Å². The molecule has 4 heteroatoms. The van der Waals surface area contributed by atoms with Gasteiger partial charge in [0.15, 0.2) is 0 Å². The van der Waals surface area contributed by atoms with E-state index >= 15 is 0 Å². The molecule has 0 aromatic carbocycles. The van der Waals surface area contributed by atoms with Crippen LogP contribution in [0.15, 0.2) is 11.6 Å². The lowest BCUT2D eigenvalue weighted by Crippen LogP contribution is -2.34. The van der Waals surface area contributed by atoms with Gasteiger partial charge in [-0.2, -0.15) is 0 Å². The van der Waals surface area contributed by atoms with Gasteiger partial charge in [-0.25, -0.2) is 0 Å². The largest absolute Gasteiger partial charge is 0.352 e. The normalized spacial score (nSPS) is 24.1. The van der Waals surface area contributed by atoms with E-state index in [1.165, 1.54) is 18.4 Å². The van der Waals surface area contributed by atoms with Gasteiger partial charge in [-0.05, 0) is 32.6 Å². The highest BCUT2D eigenvalue weighted by atomic mass is 16.2. The third kappa shape index (κ3) is 3.12. The van der Waals surface area contributed by atoms with E-state index < -0.39 is 0 Å². The molecule has 100 valence electrons. The molecule has 18 heavy (non-hydrogen) atoms. The van der Waals surface area contributed by atoms with Crippen LogP contribution in [0.5, 0.6) is 0 Å². The predicted molar refractivity (Wildman–Crippen MR) is 69.9 cm³/mol. The summed E-state index contributed by atoms with van der Waals surface area (Å²) >= 11 is 0. The molecule has 0 saturated carbocycles. The summed E-state index contributed by atoms with van der Waals surface area (Å²) in [7, 11) is 0. The van der Waals surface area contributed by atoms with Gasteiger partial charge in [0, 0.05) is 26.1 Å². The molecule has 1 atom stereocenters. The zero-order chi connectivity index (χ0) is 13.0. The van der Waals surface area contributed by atoms with Gasteiger partial charge in [0.05, 0.1) is 5.92 Å². The molecule has 0 aromatic rings. The molecular formula is C14H22N2O2. The minimum Gasteiger partial charge on any atom is -0.352 e. The standard InChI is InChI=1S/C14H22N2O2/c1-2-16-10-12(8-13(16)17)14(18)15-9-11-6-4-3-5-7-11/h6,12H,2-5,7-10H2,1H3,(H,15,18). The van der Waals surface area contributed by atoms with E-state index in [1.807, 2.05) is 6.92 Å². The van der Waals surface area contributed by atoms with Crippen LogP contribution < -0.4 is 5.32 Å². The maximum absolute atomic E-state index is 12.0. The van der Waals surface area contributed by atoms with Crippen molar-refractivity contribution < 1.29 is 9.59 Å². The van der Waals surface area contributed by atoms with Crippen molar-refractivity contribution in [2.45, 2.75) is 39.0 Å². The Hall–Kier alpha value is -1.32. The van der Waals surface area contributed by atoms with Crippen molar-refractivity contribution in [2.24, 2.45) is 5.92 Å². The Balaban J connectivity index is 1.78. The van der Waals surface area contributed by atoms with Crippen LogP contribution in [0.2, 0.25) is 0 Å². The maximum Gasteiger partial charge on any atom is 0.225 e. The summed E-state index contributed by atoms with van der Waals surface area (Å²) in [6, 6.07) is 0. The monoisotopic (exact) mass is 250 g/mol. The van der Waals surface area contributed by atoms with Gasteiger partial charge >= 0.3 is 0 Å². The van der Waals surface area contributed by atoms with Crippen molar-refractivity contribution in [3.05, 3.63) is 11.6 Å². The molecule has 0 spiro atoms. The molecule has 1 aliphatic carbocycles. The smallest absolute Gasteiger partial charge is 0.225 e. The number of rotatable bonds is 4. The van der Waals surface area contributed by atoms with Crippen LogP contribution in [-0.4, -0.2) is 36.3 Å². The van der Waals surface area contributed by atoms with Gasteiger partial charge in [0.2, 0.25) is 11.8 Å². The van der Waals surface area contributed by atoms with E-state index in [0.29, 0.717) is 26.1 Å². The molecule has 0 radical (unpaired) electrons. The van der Waals surface area contributed by atoms with Gasteiger partial charge in [0.25, 0.3) is 0 Å². The van der Waals surface area contributed by atoms with E-state index in [0.717, 1.165) is 12.8 Å². The van der Waals surface area contributed by atoms with E-state index in [2.05, 4.69) is 11.4 Å². The predicted octanol–water partition coefficient (Wildman–Crippen LogP) is 1.47. The van der Waals surface area contributed by atoms with Gasteiger partial charge in [-0.1, -0.05) is 11.6 Å². The Morgan fingerprint density at radius 1 is 1.50 bits per heavy atom. The molecule has 0 bridgehead atoms. The van der Waals surface area contributed by atoms with Gasteiger partial charge in [-0.15, -0.1) is 0 Å². The number of carbonyl (C=O) groups is 2. The SMILES string of the molecule is CCN1CC(C(=O)NCC2=CCCCC2)CC1=O. The number of hydrogen-bond donors (Lipinski definition) is 1. The van der Waals surface area contributed by atoms with Crippen LogP contribution in [-0.2, 0) is 9.59 Å². The molecule has 1 saturated heterocycles. The van der Waals surface area contributed by atoms with Crippen molar-refractivity contribution in [1.29, 1.82) is 0 Å². The molecule has 1 fully saturated rings. The van der Waals surface area contributed by atoms with Crippen LogP contribution >= 0.6 is 0 Å². The van der Waals surface area contributed by atoms with Crippen LogP contribution in [0.4, 0.5) is 0 Å². The second kappa shape index (κ2) is 6.03. The number of nitrogens with one attached hydrogen (secondary N) is 1. The average Bonchev–Trinajstić information content (AvgIpc) is 2.78. The number of hydrogen-bond acceptors (Lipinski definition) is 2. The average molecular weight is 250 g/mol. The van der Waals surface area contributed by atoms with Crippen molar-refractivity contribution in [3.63, 3.8) is 0 Å². The lowest BCUT2D eigenvalue weighted by atomic mass is 9.99. The maximum atomic E-state index is 12.0. The molecule has 2 aliphatic rings. The van der Waals surface area contributed by atoms with Gasteiger partial charge in [0.1, 0.15) is 0 Å². The summed E-state index contributed by atoms with van der Waals surface area (Å²) in [5.41, 5.74) is 1.34. The first kappa shape index (κ1) is 13.1. The van der Waals surface area contributed by atoms with E-state index in [1.54, 1.807) is 4.90 Å². The Labute approximate surface area is 108 Å². The third-order valence-electron chi connectivity index (χ3n) is 3.84. The van der Waals surface area contributed by atoms with Crippen molar-refractivity contribution in [2.75, 3.05) is 19.6 Å². The lowest BCUT2D eigenvalue weighted by molar-refractivity contribution is -0.128. The molecule has 2 amide bonds. The summed E-state index contributed by atoms with van der Waals surface area (Å²) < 4.78 is 0. The summed E-state index contributed by atoms with van der Waals surface area (Å²) in [4.78, 5) is 25.3. The Bertz CT molecular complexity index is 363. The van der Waals surface area contributed by atoms with E-state index in [9.17, 15) is 9.59 Å². The second-order valence-corrected chi connectivity index (χ2v) is 5.16. The molecule has 1 unspecified atom stereocenters. The fraction of sp³-hybridized carbons (Fsp3) is 0.714. The number of amides is 2. The second-order valence-electron chi connectivity index (χ2n) is 5.16. The highest BCUT2D eigenvalue weighted by Gasteiger charge is 2.33. The molecule has 1 heterocycles. The first-order valence-electron chi connectivity index (χ1n) is 6.94. The minimum atomic E-state index is -0.151. The summed E-state index contributed by atoms with van der Waals surface area (Å²) in [5.74, 6) is -0.0121. The Kier molecular flexibility index (Phi) is 4.39. The van der Waals surface area contributed by atoms with Crippen LogP contribution in [0.1, 0.15) is 39.0 Å². The number of carbonyl (C=O) groups excluding carboxylic acids is 2. The highest BCUT2D eigenvalue weighted by molar-refractivity contribution is 5.89. The summed E-state index contributed by atoms with van der Waals surface area (Å²) in [5, 5.41) is 2.97. The molecule has 0 aromatic heterocycles. The topological polar surface area (TPSA) is 49.4 Å². The number of allylic oxidation sites excluding steroid dienone is 1. The molecule has 1 N–H and O–H groups in total. The number of likely N-dealkylation sites (tertiary alicyclic amines) is 1. The van der Waals surface area contributed by atoms with Gasteiger partial charge < -0.3 is 10.2 Å². The summed E-state index contributed by atoms with van der Waals surface area (Å²) in [6.07, 6.45) is 7.34. The van der Waals surface area contributed by atoms with Gasteiger partial charge in [-0.3, -0.25) is 9.59 Å². The summed E-state index contributed by atoms with van der Waals surface area (Å²) in [6.45, 7) is 3.90. The lowest BCUT2D eigenvalue weighted by Gasteiger charge is -2.16. The van der Waals surface area contributed by atoms with Crippen LogP contribution in [0, 0.1) is 5.92 Å². The Morgan fingerprint density at radius 2 is 2.33 bits per heavy atom. The van der Waals surface area contributed by atoms with E-state index in [-0.39, 0.29) is 17.7 Å². The first-order chi connectivity index (χ1) is 8.70.